The summed E-state index contributed by atoms with van der Waals surface area (Å²) in [5.74, 6) is 0.105. The molecular formula is C20H15FN4O2S. The van der Waals surface area contributed by atoms with E-state index in [1.807, 2.05) is 11.4 Å². The van der Waals surface area contributed by atoms with Gasteiger partial charge in [0.25, 0.3) is 0 Å². The fourth-order valence-electron chi connectivity index (χ4n) is 2.89. The van der Waals surface area contributed by atoms with Gasteiger partial charge in [0, 0.05) is 21.3 Å². The van der Waals surface area contributed by atoms with Crippen LogP contribution >= 0.6 is 11.3 Å². The van der Waals surface area contributed by atoms with Crippen molar-refractivity contribution in [3.05, 3.63) is 71.0 Å². The standard InChI is InChI=1S/C20H15FN4O2S/c1-11(26)17(20-25-24-19(27-20)12-3-5-13(21)6-4-12)23-15-7-8-16(22-2)18-14(15)9-10-28-18/h3-11,17,23,26H,1H3/t11-,17+/m0/s1. The number of aromatic nitrogens is 2. The fraction of sp³-hybridized carbons (Fsp3) is 0.150. The van der Waals surface area contributed by atoms with Gasteiger partial charge < -0.3 is 14.8 Å². The van der Waals surface area contributed by atoms with Crippen molar-refractivity contribution < 1.29 is 13.9 Å². The van der Waals surface area contributed by atoms with Crippen molar-refractivity contribution in [2.75, 3.05) is 5.32 Å². The normalized spacial score (nSPS) is 13.2. The smallest absolute Gasteiger partial charge is 0.247 e. The van der Waals surface area contributed by atoms with Gasteiger partial charge in [-0.15, -0.1) is 10.2 Å². The van der Waals surface area contributed by atoms with Crippen molar-refractivity contribution in [3.63, 3.8) is 0 Å². The van der Waals surface area contributed by atoms with Crippen LogP contribution in [-0.4, -0.2) is 21.4 Å². The third-order valence-corrected chi connectivity index (χ3v) is 5.24. The third-order valence-electron chi connectivity index (χ3n) is 4.31. The molecule has 0 aliphatic carbocycles. The van der Waals surface area contributed by atoms with Gasteiger partial charge in [-0.3, -0.25) is 0 Å². The van der Waals surface area contributed by atoms with Crippen LogP contribution in [0.2, 0.25) is 0 Å². The first-order chi connectivity index (χ1) is 13.6. The molecule has 140 valence electrons. The lowest BCUT2D eigenvalue weighted by molar-refractivity contribution is 0.160. The lowest BCUT2D eigenvalue weighted by Gasteiger charge is -2.20. The summed E-state index contributed by atoms with van der Waals surface area (Å²) in [7, 11) is 0. The number of benzene rings is 2. The van der Waals surface area contributed by atoms with E-state index < -0.39 is 12.1 Å². The Balaban J connectivity index is 1.67. The van der Waals surface area contributed by atoms with Gasteiger partial charge in [0.05, 0.1) is 12.7 Å². The number of thiophene rings is 1. The summed E-state index contributed by atoms with van der Waals surface area (Å²) in [6.45, 7) is 8.91. The number of nitrogens with one attached hydrogen (secondary N) is 1. The number of anilines is 1. The van der Waals surface area contributed by atoms with E-state index >= 15 is 0 Å². The van der Waals surface area contributed by atoms with Crippen molar-refractivity contribution in [3.8, 4) is 11.5 Å². The van der Waals surface area contributed by atoms with Crippen molar-refractivity contribution >= 4 is 32.8 Å². The molecule has 2 aromatic carbocycles. The Morgan fingerprint density at radius 1 is 1.18 bits per heavy atom. The van der Waals surface area contributed by atoms with Crippen molar-refractivity contribution in [1.82, 2.24) is 10.2 Å². The maximum absolute atomic E-state index is 13.1. The van der Waals surface area contributed by atoms with Crippen LogP contribution in [0.5, 0.6) is 0 Å². The number of aliphatic hydroxyl groups excluding tert-OH is 1. The molecule has 0 aliphatic heterocycles. The molecule has 0 saturated heterocycles. The molecule has 6 nitrogen and oxygen atoms in total. The Bertz CT molecular complexity index is 1160. The van der Waals surface area contributed by atoms with E-state index in [4.69, 9.17) is 11.0 Å². The molecule has 2 atom stereocenters. The van der Waals surface area contributed by atoms with Gasteiger partial charge in [0.1, 0.15) is 11.9 Å². The molecule has 4 aromatic rings. The number of nitrogens with zero attached hydrogens (tertiary/aromatic N) is 3. The average Bonchev–Trinajstić information content (AvgIpc) is 3.36. The van der Waals surface area contributed by atoms with E-state index in [9.17, 15) is 9.50 Å². The second-order valence-corrected chi connectivity index (χ2v) is 7.14. The van der Waals surface area contributed by atoms with Crippen LogP contribution in [0, 0.1) is 12.4 Å². The summed E-state index contributed by atoms with van der Waals surface area (Å²) in [4.78, 5) is 3.54. The van der Waals surface area contributed by atoms with Crippen LogP contribution in [0.3, 0.4) is 0 Å². The monoisotopic (exact) mass is 394 g/mol. The van der Waals surface area contributed by atoms with Crippen LogP contribution in [0.25, 0.3) is 26.4 Å². The SMILES string of the molecule is [C-]#[N+]c1ccc(N[C@@H](c2nnc(-c3ccc(F)cc3)o2)[C@H](C)O)c2ccsc12. The fourth-order valence-corrected chi connectivity index (χ4v) is 3.77. The maximum atomic E-state index is 13.1. The lowest BCUT2D eigenvalue weighted by Crippen LogP contribution is -2.23. The minimum absolute atomic E-state index is 0.215. The Morgan fingerprint density at radius 2 is 1.96 bits per heavy atom. The van der Waals surface area contributed by atoms with Crippen LogP contribution in [0.15, 0.2) is 52.3 Å². The maximum Gasteiger partial charge on any atom is 0.247 e. The molecule has 0 aliphatic rings. The van der Waals surface area contributed by atoms with Crippen molar-refractivity contribution in [2.24, 2.45) is 0 Å². The highest BCUT2D eigenvalue weighted by atomic mass is 32.1. The summed E-state index contributed by atoms with van der Waals surface area (Å²) < 4.78 is 19.7. The number of rotatable bonds is 5. The largest absolute Gasteiger partial charge is 0.418 e. The number of fused-ring (bicyclic) bond motifs is 1. The highest BCUT2D eigenvalue weighted by molar-refractivity contribution is 7.18. The molecule has 0 saturated carbocycles. The summed E-state index contributed by atoms with van der Waals surface area (Å²) in [5, 5.41) is 24.4. The number of aliphatic hydroxyl groups is 1. The van der Waals surface area contributed by atoms with Gasteiger partial charge >= 0.3 is 0 Å². The van der Waals surface area contributed by atoms with Gasteiger partial charge in [0.15, 0.2) is 0 Å². The van der Waals surface area contributed by atoms with Gasteiger partial charge in [-0.1, -0.05) is 6.07 Å². The number of halogens is 1. The van der Waals surface area contributed by atoms with Gasteiger partial charge in [-0.05, 0) is 48.7 Å². The van der Waals surface area contributed by atoms with Crippen LogP contribution < -0.4 is 5.32 Å². The summed E-state index contributed by atoms with van der Waals surface area (Å²) >= 11 is 1.49. The molecule has 2 aromatic heterocycles. The molecule has 0 bridgehead atoms. The Labute approximate surface area is 164 Å². The van der Waals surface area contributed by atoms with Gasteiger partial charge in [0.2, 0.25) is 17.5 Å². The Kier molecular flexibility index (Phi) is 4.77. The summed E-state index contributed by atoms with van der Waals surface area (Å²) in [5.41, 5.74) is 1.93. The number of hydrogen-bond acceptors (Lipinski definition) is 6. The molecular weight excluding hydrogens is 379 g/mol. The van der Waals surface area contributed by atoms with Crippen LogP contribution in [0.4, 0.5) is 15.8 Å². The first-order valence-electron chi connectivity index (χ1n) is 8.48. The predicted molar refractivity (Wildman–Crippen MR) is 106 cm³/mol. The summed E-state index contributed by atoms with van der Waals surface area (Å²) in [6, 6.07) is 10.5. The zero-order chi connectivity index (χ0) is 19.7. The van der Waals surface area contributed by atoms with Gasteiger partial charge in [-0.25, -0.2) is 9.24 Å². The predicted octanol–water partition coefficient (Wildman–Crippen LogP) is 5.18. The molecule has 8 heteroatoms. The molecule has 0 radical (unpaired) electrons. The highest BCUT2D eigenvalue weighted by Crippen LogP contribution is 2.37. The minimum Gasteiger partial charge on any atom is -0.418 e. The first kappa shape index (κ1) is 18.1. The van der Waals surface area contributed by atoms with E-state index in [1.165, 1.54) is 23.5 Å². The van der Waals surface area contributed by atoms with E-state index in [0.29, 0.717) is 11.3 Å². The Morgan fingerprint density at radius 3 is 2.68 bits per heavy atom. The molecule has 2 heterocycles. The van der Waals surface area contributed by atoms with E-state index in [1.54, 1.807) is 31.2 Å². The third kappa shape index (κ3) is 3.33. The highest BCUT2D eigenvalue weighted by Gasteiger charge is 2.25. The second-order valence-electron chi connectivity index (χ2n) is 6.22. The van der Waals surface area contributed by atoms with Gasteiger partial charge in [-0.2, -0.15) is 11.3 Å². The van der Waals surface area contributed by atoms with Crippen molar-refractivity contribution in [2.45, 2.75) is 19.1 Å². The van der Waals surface area contributed by atoms with E-state index in [-0.39, 0.29) is 17.6 Å². The average molecular weight is 394 g/mol. The lowest BCUT2D eigenvalue weighted by atomic mass is 10.1. The van der Waals surface area contributed by atoms with Crippen molar-refractivity contribution in [1.29, 1.82) is 0 Å². The molecule has 2 N–H and O–H groups in total. The minimum atomic E-state index is -0.823. The summed E-state index contributed by atoms with van der Waals surface area (Å²) in [6.07, 6.45) is -0.823. The van der Waals surface area contributed by atoms with E-state index in [2.05, 4.69) is 20.4 Å². The second kappa shape index (κ2) is 7.38. The first-order valence-corrected chi connectivity index (χ1v) is 9.36. The Hall–Kier alpha value is -3.28. The zero-order valence-corrected chi connectivity index (χ0v) is 15.6. The number of hydrogen-bond donors (Lipinski definition) is 2. The molecule has 0 amide bonds. The molecule has 0 fully saturated rings. The molecule has 4 rings (SSSR count). The zero-order valence-electron chi connectivity index (χ0n) is 14.8. The van der Waals surface area contributed by atoms with Crippen LogP contribution in [-0.2, 0) is 0 Å². The topological polar surface area (TPSA) is 75.5 Å². The quantitative estimate of drug-likeness (QED) is 0.457. The molecule has 28 heavy (non-hydrogen) atoms. The van der Waals surface area contributed by atoms with Crippen LogP contribution in [0.1, 0.15) is 18.9 Å². The molecule has 0 unspecified atom stereocenters. The molecule has 0 spiro atoms. The van der Waals surface area contributed by atoms with E-state index in [0.717, 1.165) is 15.8 Å².